The molecular weight excluding hydrogens is 350 g/mol. The summed E-state index contributed by atoms with van der Waals surface area (Å²) in [4.78, 5) is 17.5. The molecule has 0 bridgehead atoms. The van der Waals surface area contributed by atoms with Gasteiger partial charge in [-0.25, -0.2) is 0 Å². The first-order valence-electron chi connectivity index (χ1n) is 10.5. The fourth-order valence-electron chi connectivity index (χ4n) is 4.77. The summed E-state index contributed by atoms with van der Waals surface area (Å²) in [6, 6.07) is 15.6. The highest BCUT2D eigenvalue weighted by molar-refractivity contribution is 5.13. The molecule has 0 N–H and O–H groups in total. The van der Waals surface area contributed by atoms with Gasteiger partial charge in [0.1, 0.15) is 0 Å². The van der Waals surface area contributed by atoms with Gasteiger partial charge in [-0.15, -0.1) is 0 Å². The molecular formula is C23H31N3O2. The van der Waals surface area contributed by atoms with E-state index in [-0.39, 0.29) is 5.56 Å². The van der Waals surface area contributed by atoms with Gasteiger partial charge in [-0.3, -0.25) is 14.6 Å². The molecule has 1 aromatic heterocycles. The van der Waals surface area contributed by atoms with Gasteiger partial charge in [-0.2, -0.15) is 0 Å². The standard InChI is InChI=1S/C23H31N3O2/c1-24-12-5-9-20(23(24)27)17-26-15-11-21-22(26)10-14-25(21)13-6-16-28-18-19-7-3-2-4-8-19/h2-5,7-9,12,21-22H,6,10-11,13-18H2,1H3/t21-,22-/m0/s1. The molecule has 2 aromatic rings. The predicted molar refractivity (Wildman–Crippen MR) is 111 cm³/mol. The molecule has 0 saturated carbocycles. The van der Waals surface area contributed by atoms with Gasteiger partial charge in [-0.1, -0.05) is 36.4 Å². The summed E-state index contributed by atoms with van der Waals surface area (Å²) in [5.41, 5.74) is 2.29. The van der Waals surface area contributed by atoms with Crippen molar-refractivity contribution < 1.29 is 4.74 Å². The second-order valence-corrected chi connectivity index (χ2v) is 8.06. The van der Waals surface area contributed by atoms with Crippen molar-refractivity contribution in [3.8, 4) is 0 Å². The van der Waals surface area contributed by atoms with E-state index in [4.69, 9.17) is 4.74 Å². The Kier molecular flexibility index (Phi) is 6.25. The third-order valence-electron chi connectivity index (χ3n) is 6.23. The van der Waals surface area contributed by atoms with Crippen molar-refractivity contribution in [2.24, 2.45) is 7.05 Å². The molecule has 0 radical (unpaired) electrons. The Labute approximate surface area is 167 Å². The Morgan fingerprint density at radius 2 is 1.75 bits per heavy atom. The number of hydrogen-bond donors (Lipinski definition) is 0. The minimum absolute atomic E-state index is 0.136. The zero-order chi connectivity index (χ0) is 19.3. The molecule has 2 fully saturated rings. The summed E-state index contributed by atoms with van der Waals surface area (Å²) >= 11 is 0. The SMILES string of the molecule is Cn1cccc(CN2CC[C@H]3[C@@H]2CCN3CCCOCc2ccccc2)c1=O. The molecule has 2 aliphatic rings. The first-order chi connectivity index (χ1) is 13.7. The van der Waals surface area contributed by atoms with Crippen LogP contribution in [0.2, 0.25) is 0 Å². The zero-order valence-electron chi connectivity index (χ0n) is 16.8. The smallest absolute Gasteiger partial charge is 0.254 e. The van der Waals surface area contributed by atoms with Crippen LogP contribution in [0.5, 0.6) is 0 Å². The van der Waals surface area contributed by atoms with E-state index in [0.717, 1.165) is 44.8 Å². The van der Waals surface area contributed by atoms with Crippen LogP contribution in [-0.2, 0) is 24.9 Å². The van der Waals surface area contributed by atoms with Gasteiger partial charge in [0.05, 0.1) is 6.61 Å². The summed E-state index contributed by atoms with van der Waals surface area (Å²) in [6.07, 6.45) is 5.33. The third kappa shape index (κ3) is 4.37. The molecule has 1 aromatic carbocycles. The number of aromatic nitrogens is 1. The summed E-state index contributed by atoms with van der Waals surface area (Å²) in [7, 11) is 1.83. The molecule has 2 atom stereocenters. The van der Waals surface area contributed by atoms with Crippen LogP contribution >= 0.6 is 0 Å². The van der Waals surface area contributed by atoms with Crippen LogP contribution in [0, 0.1) is 0 Å². The van der Waals surface area contributed by atoms with Crippen LogP contribution in [0.3, 0.4) is 0 Å². The molecule has 3 heterocycles. The quantitative estimate of drug-likeness (QED) is 0.659. The van der Waals surface area contributed by atoms with E-state index < -0.39 is 0 Å². The van der Waals surface area contributed by atoms with Crippen molar-refractivity contribution >= 4 is 0 Å². The highest BCUT2D eigenvalue weighted by atomic mass is 16.5. The summed E-state index contributed by atoms with van der Waals surface area (Å²) in [5.74, 6) is 0. The minimum Gasteiger partial charge on any atom is -0.377 e. The Hall–Kier alpha value is -1.95. The fraction of sp³-hybridized carbons (Fsp3) is 0.522. The Morgan fingerprint density at radius 1 is 1.00 bits per heavy atom. The molecule has 5 nitrogen and oxygen atoms in total. The average Bonchev–Trinajstić information content (AvgIpc) is 3.29. The predicted octanol–water partition coefficient (Wildman–Crippen LogP) is 2.64. The van der Waals surface area contributed by atoms with E-state index >= 15 is 0 Å². The first-order valence-corrected chi connectivity index (χ1v) is 10.5. The largest absolute Gasteiger partial charge is 0.377 e. The van der Waals surface area contributed by atoms with Gasteiger partial charge in [0.15, 0.2) is 0 Å². The van der Waals surface area contributed by atoms with Crippen LogP contribution in [0.15, 0.2) is 53.5 Å². The van der Waals surface area contributed by atoms with Crippen molar-refractivity contribution in [1.29, 1.82) is 0 Å². The summed E-state index contributed by atoms with van der Waals surface area (Å²) in [6.45, 7) is 5.66. The van der Waals surface area contributed by atoms with E-state index in [1.54, 1.807) is 4.57 Å². The molecule has 5 heteroatoms. The van der Waals surface area contributed by atoms with Crippen LogP contribution in [0.25, 0.3) is 0 Å². The molecule has 4 rings (SSSR count). The molecule has 150 valence electrons. The Morgan fingerprint density at radius 3 is 2.57 bits per heavy atom. The maximum atomic E-state index is 12.3. The van der Waals surface area contributed by atoms with E-state index in [1.165, 1.54) is 18.4 Å². The van der Waals surface area contributed by atoms with Crippen molar-refractivity contribution in [1.82, 2.24) is 14.4 Å². The second-order valence-electron chi connectivity index (χ2n) is 8.06. The minimum atomic E-state index is 0.136. The van der Waals surface area contributed by atoms with E-state index in [9.17, 15) is 4.79 Å². The lowest BCUT2D eigenvalue weighted by atomic mass is 10.1. The van der Waals surface area contributed by atoms with Gasteiger partial charge in [0, 0.05) is 63.7 Å². The van der Waals surface area contributed by atoms with Crippen LogP contribution in [-0.4, -0.2) is 52.7 Å². The third-order valence-corrected chi connectivity index (χ3v) is 6.23. The Bertz CT molecular complexity index is 820. The van der Waals surface area contributed by atoms with Gasteiger partial charge in [-0.05, 0) is 30.9 Å². The number of ether oxygens (including phenoxy) is 1. The topological polar surface area (TPSA) is 37.7 Å². The summed E-state index contributed by atoms with van der Waals surface area (Å²) < 4.78 is 7.52. The molecule has 0 aliphatic carbocycles. The van der Waals surface area contributed by atoms with E-state index in [1.807, 2.05) is 31.4 Å². The average molecular weight is 382 g/mol. The first kappa shape index (κ1) is 19.4. The number of nitrogens with zero attached hydrogens (tertiary/aromatic N) is 3. The summed E-state index contributed by atoms with van der Waals surface area (Å²) in [5, 5.41) is 0. The lowest BCUT2D eigenvalue weighted by Crippen LogP contribution is -2.38. The molecule has 2 aliphatic heterocycles. The number of fused-ring (bicyclic) bond motifs is 1. The van der Waals surface area contributed by atoms with Gasteiger partial charge in [0.25, 0.3) is 5.56 Å². The van der Waals surface area contributed by atoms with E-state index in [2.05, 4.69) is 34.1 Å². The number of benzene rings is 1. The number of rotatable bonds is 8. The normalized spacial score (nSPS) is 22.6. The highest BCUT2D eigenvalue weighted by Gasteiger charge is 2.41. The van der Waals surface area contributed by atoms with Crippen LogP contribution in [0.1, 0.15) is 30.4 Å². The lowest BCUT2D eigenvalue weighted by Gasteiger charge is -2.25. The lowest BCUT2D eigenvalue weighted by molar-refractivity contribution is 0.106. The van der Waals surface area contributed by atoms with Gasteiger partial charge >= 0.3 is 0 Å². The van der Waals surface area contributed by atoms with E-state index in [0.29, 0.717) is 18.7 Å². The van der Waals surface area contributed by atoms with Crippen molar-refractivity contribution in [3.05, 3.63) is 70.1 Å². The molecule has 0 spiro atoms. The van der Waals surface area contributed by atoms with Crippen molar-refractivity contribution in [2.45, 2.75) is 44.5 Å². The van der Waals surface area contributed by atoms with Crippen molar-refractivity contribution in [3.63, 3.8) is 0 Å². The van der Waals surface area contributed by atoms with Gasteiger partial charge < -0.3 is 9.30 Å². The molecule has 28 heavy (non-hydrogen) atoms. The van der Waals surface area contributed by atoms with Crippen LogP contribution in [0.4, 0.5) is 0 Å². The molecule has 0 unspecified atom stereocenters. The van der Waals surface area contributed by atoms with Gasteiger partial charge in [0.2, 0.25) is 0 Å². The number of aryl methyl sites for hydroxylation is 1. The second kappa shape index (κ2) is 9.03. The number of hydrogen-bond acceptors (Lipinski definition) is 4. The number of pyridine rings is 1. The monoisotopic (exact) mass is 381 g/mol. The van der Waals surface area contributed by atoms with Crippen molar-refractivity contribution in [2.75, 3.05) is 26.2 Å². The molecule has 2 saturated heterocycles. The highest BCUT2D eigenvalue weighted by Crippen LogP contribution is 2.32. The zero-order valence-corrected chi connectivity index (χ0v) is 16.8. The maximum absolute atomic E-state index is 12.3. The Balaban J connectivity index is 1.22. The fourth-order valence-corrected chi connectivity index (χ4v) is 4.77. The number of likely N-dealkylation sites (tertiary alicyclic amines) is 2. The van der Waals surface area contributed by atoms with Crippen LogP contribution < -0.4 is 5.56 Å². The molecule has 0 amide bonds. The maximum Gasteiger partial charge on any atom is 0.254 e.